The number of anilines is 1. The highest BCUT2D eigenvalue weighted by molar-refractivity contribution is 8.18. The number of carbonyl (C=O) groups excluding carboxylic acids is 3. The smallest absolute Gasteiger partial charge is 0.339 e. The van der Waals surface area contributed by atoms with E-state index in [1.54, 1.807) is 6.92 Å². The third-order valence-corrected chi connectivity index (χ3v) is 8.32. The standard InChI is InChI=1S/C27H21Cl2FN2O7S2/c1-3-38-23-12-16(13-24-26(34)32(27(35)40-24)14-19-20(28)5-4-6-22(19)30)11-21(29)25(23)39-41(36,37)18-9-7-17(8-10-18)31-15(2)33/h4-13H,3,14H2,1-2H3,(H,31,33)/b24-13-. The van der Waals surface area contributed by atoms with Gasteiger partial charge in [0.15, 0.2) is 5.75 Å². The first-order chi connectivity index (χ1) is 19.4. The highest BCUT2D eigenvalue weighted by Gasteiger charge is 2.36. The predicted octanol–water partition coefficient (Wildman–Crippen LogP) is 6.49. The molecule has 1 saturated heterocycles. The van der Waals surface area contributed by atoms with Crippen LogP contribution in [0.3, 0.4) is 0 Å². The Morgan fingerprint density at radius 1 is 1.10 bits per heavy atom. The van der Waals surface area contributed by atoms with E-state index in [0.717, 1.165) is 4.90 Å². The number of carbonyl (C=O) groups is 3. The van der Waals surface area contributed by atoms with Gasteiger partial charge in [0.25, 0.3) is 11.1 Å². The van der Waals surface area contributed by atoms with Crippen LogP contribution in [-0.2, 0) is 26.3 Å². The van der Waals surface area contributed by atoms with Gasteiger partial charge in [0.05, 0.1) is 23.1 Å². The minimum absolute atomic E-state index is 0.00635. The zero-order valence-electron chi connectivity index (χ0n) is 21.4. The van der Waals surface area contributed by atoms with Gasteiger partial charge in [-0.15, -0.1) is 0 Å². The summed E-state index contributed by atoms with van der Waals surface area (Å²) in [6.45, 7) is 2.76. The number of nitrogens with one attached hydrogen (secondary N) is 1. The normalized spacial score (nSPS) is 14.5. The van der Waals surface area contributed by atoms with E-state index in [4.69, 9.17) is 32.1 Å². The van der Waals surface area contributed by atoms with Crippen molar-refractivity contribution in [2.24, 2.45) is 0 Å². The van der Waals surface area contributed by atoms with Gasteiger partial charge in [-0.2, -0.15) is 8.42 Å². The molecule has 4 rings (SSSR count). The number of nitrogens with zero attached hydrogens (tertiary/aromatic N) is 1. The minimum atomic E-state index is -4.36. The lowest BCUT2D eigenvalue weighted by Gasteiger charge is -2.15. The van der Waals surface area contributed by atoms with Crippen molar-refractivity contribution < 1.29 is 36.1 Å². The Labute approximate surface area is 249 Å². The number of thioether (sulfide) groups is 1. The molecule has 214 valence electrons. The minimum Gasteiger partial charge on any atom is -0.490 e. The van der Waals surface area contributed by atoms with E-state index >= 15 is 0 Å². The van der Waals surface area contributed by atoms with Crippen LogP contribution in [0.1, 0.15) is 25.0 Å². The molecule has 1 heterocycles. The molecule has 1 N–H and O–H groups in total. The van der Waals surface area contributed by atoms with Crippen molar-refractivity contribution in [3.8, 4) is 11.5 Å². The molecule has 3 aromatic rings. The first-order valence-corrected chi connectivity index (χ1v) is 14.8. The monoisotopic (exact) mass is 638 g/mol. The first-order valence-electron chi connectivity index (χ1n) is 11.9. The molecule has 1 aliphatic heterocycles. The number of hydrogen-bond donors (Lipinski definition) is 1. The molecule has 0 saturated carbocycles. The first kappa shape index (κ1) is 30.4. The van der Waals surface area contributed by atoms with Gasteiger partial charge in [0.2, 0.25) is 11.7 Å². The lowest BCUT2D eigenvalue weighted by Crippen LogP contribution is -2.28. The molecule has 0 unspecified atom stereocenters. The third kappa shape index (κ3) is 7.02. The van der Waals surface area contributed by atoms with Crippen LogP contribution in [0.2, 0.25) is 10.0 Å². The van der Waals surface area contributed by atoms with Gasteiger partial charge in [-0.1, -0.05) is 29.3 Å². The van der Waals surface area contributed by atoms with Crippen molar-refractivity contribution in [3.05, 3.63) is 86.5 Å². The summed E-state index contributed by atoms with van der Waals surface area (Å²) in [7, 11) is -4.36. The fourth-order valence-corrected chi connectivity index (χ4v) is 6.03. The van der Waals surface area contributed by atoms with Crippen LogP contribution in [0, 0.1) is 5.82 Å². The molecule has 1 aliphatic rings. The van der Waals surface area contributed by atoms with Crippen LogP contribution >= 0.6 is 35.0 Å². The fourth-order valence-electron chi connectivity index (χ4n) is 3.71. The number of hydrogen-bond acceptors (Lipinski definition) is 8. The Morgan fingerprint density at radius 2 is 1.80 bits per heavy atom. The van der Waals surface area contributed by atoms with E-state index in [-0.39, 0.29) is 56.0 Å². The Morgan fingerprint density at radius 3 is 2.44 bits per heavy atom. The Bertz CT molecular complexity index is 1660. The molecular formula is C27H21Cl2FN2O7S2. The van der Waals surface area contributed by atoms with E-state index < -0.39 is 27.1 Å². The summed E-state index contributed by atoms with van der Waals surface area (Å²) in [6.07, 6.45) is 1.38. The van der Waals surface area contributed by atoms with Crippen molar-refractivity contribution in [2.75, 3.05) is 11.9 Å². The maximum atomic E-state index is 14.2. The number of rotatable bonds is 9. The van der Waals surface area contributed by atoms with Crippen molar-refractivity contribution in [1.82, 2.24) is 4.90 Å². The molecule has 0 atom stereocenters. The van der Waals surface area contributed by atoms with Crippen LogP contribution in [0.5, 0.6) is 11.5 Å². The molecular weight excluding hydrogens is 618 g/mol. The molecule has 3 amide bonds. The fraction of sp³-hybridized carbons (Fsp3) is 0.148. The van der Waals surface area contributed by atoms with Gasteiger partial charge >= 0.3 is 10.1 Å². The summed E-state index contributed by atoms with van der Waals surface area (Å²) in [5.74, 6) is -1.94. The Balaban J connectivity index is 1.60. The number of benzene rings is 3. The maximum absolute atomic E-state index is 14.2. The van der Waals surface area contributed by atoms with Crippen molar-refractivity contribution >= 4 is 73.9 Å². The number of amides is 3. The van der Waals surface area contributed by atoms with E-state index in [1.165, 1.54) is 67.6 Å². The van der Waals surface area contributed by atoms with Crippen LogP contribution < -0.4 is 14.2 Å². The van der Waals surface area contributed by atoms with E-state index in [2.05, 4.69) is 5.32 Å². The zero-order chi connectivity index (χ0) is 29.9. The average molecular weight is 640 g/mol. The molecule has 1 fully saturated rings. The van der Waals surface area contributed by atoms with Crippen molar-refractivity contribution in [2.45, 2.75) is 25.3 Å². The molecule has 0 radical (unpaired) electrons. The van der Waals surface area contributed by atoms with E-state index in [9.17, 15) is 27.2 Å². The summed E-state index contributed by atoms with van der Waals surface area (Å²) >= 11 is 13.1. The number of imide groups is 1. The second-order valence-corrected chi connectivity index (χ2v) is 11.8. The number of halogens is 3. The molecule has 0 bridgehead atoms. The van der Waals surface area contributed by atoms with Crippen molar-refractivity contribution in [3.63, 3.8) is 0 Å². The Kier molecular flexibility index (Phi) is 9.27. The van der Waals surface area contributed by atoms with Crippen LogP contribution in [0.25, 0.3) is 6.08 Å². The van der Waals surface area contributed by atoms with Gasteiger partial charge in [0.1, 0.15) is 10.7 Å². The summed E-state index contributed by atoms with van der Waals surface area (Å²) in [5.41, 5.74) is 0.722. The second kappa shape index (κ2) is 12.5. The SMILES string of the molecule is CCOc1cc(/C=C2\SC(=O)N(Cc3c(F)cccc3Cl)C2=O)cc(Cl)c1OS(=O)(=O)c1ccc(NC(C)=O)cc1. The topological polar surface area (TPSA) is 119 Å². The van der Waals surface area contributed by atoms with Crippen molar-refractivity contribution in [1.29, 1.82) is 0 Å². The largest absolute Gasteiger partial charge is 0.490 e. The quantitative estimate of drug-likeness (QED) is 0.208. The Hall–Kier alpha value is -3.58. The summed E-state index contributed by atoms with van der Waals surface area (Å²) in [4.78, 5) is 37.5. The molecule has 9 nitrogen and oxygen atoms in total. The van der Waals surface area contributed by atoms with Gasteiger partial charge in [-0.05, 0) is 78.9 Å². The lowest BCUT2D eigenvalue weighted by molar-refractivity contribution is -0.123. The average Bonchev–Trinajstić information content (AvgIpc) is 3.15. The third-order valence-electron chi connectivity index (χ3n) is 5.54. The van der Waals surface area contributed by atoms with Gasteiger partial charge in [-0.25, -0.2) is 4.39 Å². The molecule has 0 aliphatic carbocycles. The highest BCUT2D eigenvalue weighted by Crippen LogP contribution is 2.41. The molecule has 0 aromatic heterocycles. The van der Waals surface area contributed by atoms with Crippen LogP contribution in [0.4, 0.5) is 14.9 Å². The maximum Gasteiger partial charge on any atom is 0.339 e. The summed E-state index contributed by atoms with van der Waals surface area (Å²) in [5, 5.41) is 1.86. The van der Waals surface area contributed by atoms with Gasteiger partial charge in [0, 0.05) is 23.2 Å². The molecule has 41 heavy (non-hydrogen) atoms. The summed E-state index contributed by atoms with van der Waals surface area (Å²) < 4.78 is 51.0. The van der Waals surface area contributed by atoms with E-state index in [0.29, 0.717) is 23.0 Å². The summed E-state index contributed by atoms with van der Waals surface area (Å²) in [6, 6.07) is 12.1. The lowest BCUT2D eigenvalue weighted by atomic mass is 10.1. The predicted molar refractivity (Wildman–Crippen MR) is 154 cm³/mol. The highest BCUT2D eigenvalue weighted by atomic mass is 35.5. The van der Waals surface area contributed by atoms with Crippen LogP contribution in [-0.4, -0.2) is 37.0 Å². The second-order valence-electron chi connectivity index (χ2n) is 8.47. The number of ether oxygens (including phenoxy) is 1. The molecule has 0 spiro atoms. The molecule has 14 heteroatoms. The zero-order valence-corrected chi connectivity index (χ0v) is 24.6. The van der Waals surface area contributed by atoms with Crippen LogP contribution in [0.15, 0.2) is 64.4 Å². The van der Waals surface area contributed by atoms with Gasteiger partial charge in [-0.3, -0.25) is 19.3 Å². The molecule has 3 aromatic carbocycles. The van der Waals surface area contributed by atoms with Gasteiger partial charge < -0.3 is 14.2 Å². The van der Waals surface area contributed by atoms with E-state index in [1.807, 2.05) is 0 Å².